The molecule has 7 nitrogen and oxygen atoms in total. The van der Waals surface area contributed by atoms with Gasteiger partial charge >= 0.3 is 0 Å². The molecule has 1 unspecified atom stereocenters. The third-order valence-corrected chi connectivity index (χ3v) is 3.83. The number of Topliss-reactive ketones (excluding diaryl/α,β-unsaturated/α-hetero) is 1. The van der Waals surface area contributed by atoms with Crippen molar-refractivity contribution in [3.8, 4) is 23.0 Å². The lowest BCUT2D eigenvalue weighted by Crippen LogP contribution is -2.29. The highest BCUT2D eigenvalue weighted by Gasteiger charge is 2.33. The fourth-order valence-electron chi connectivity index (χ4n) is 2.57. The quantitative estimate of drug-likeness (QED) is 0.521. The van der Waals surface area contributed by atoms with E-state index in [0.717, 1.165) is 6.07 Å². The summed E-state index contributed by atoms with van der Waals surface area (Å²) >= 11 is 0. The molecule has 0 fully saturated rings. The molecule has 1 atom stereocenters. The van der Waals surface area contributed by atoms with Crippen LogP contribution in [0.15, 0.2) is 36.4 Å². The fourth-order valence-corrected chi connectivity index (χ4v) is 2.57. The third kappa shape index (κ3) is 3.84. The number of methoxy groups -OCH3 is 3. The largest absolute Gasteiger partial charge is 0.508 e. The standard InChI is InChI=1S/C18H20O7/c1-23-15-8-12(13(20)9-14(15)21)17(22)16(18(24-2)25-3)10-4-6-11(19)7-5-10/h4-9,16,18-21H,1-3H3. The molecule has 134 valence electrons. The maximum Gasteiger partial charge on any atom is 0.179 e. The summed E-state index contributed by atoms with van der Waals surface area (Å²) < 4.78 is 15.5. The van der Waals surface area contributed by atoms with E-state index >= 15 is 0 Å². The van der Waals surface area contributed by atoms with Gasteiger partial charge < -0.3 is 29.5 Å². The Hall–Kier alpha value is -2.77. The maximum atomic E-state index is 13.1. The van der Waals surface area contributed by atoms with Crippen LogP contribution < -0.4 is 4.74 Å². The lowest BCUT2D eigenvalue weighted by Gasteiger charge is -2.24. The van der Waals surface area contributed by atoms with Gasteiger partial charge in [0.2, 0.25) is 0 Å². The van der Waals surface area contributed by atoms with Crippen LogP contribution in [0.2, 0.25) is 0 Å². The summed E-state index contributed by atoms with van der Waals surface area (Å²) in [7, 11) is 4.13. The number of ketones is 1. The van der Waals surface area contributed by atoms with Gasteiger partial charge in [-0.1, -0.05) is 12.1 Å². The first kappa shape index (κ1) is 18.6. The van der Waals surface area contributed by atoms with Crippen LogP contribution in [0.1, 0.15) is 21.8 Å². The van der Waals surface area contributed by atoms with Crippen molar-refractivity contribution in [1.29, 1.82) is 0 Å². The van der Waals surface area contributed by atoms with Crippen LogP contribution in [0.3, 0.4) is 0 Å². The third-order valence-electron chi connectivity index (χ3n) is 3.83. The minimum absolute atomic E-state index is 0.0492. The predicted octanol–water partition coefficient (Wildman–Crippen LogP) is 2.40. The van der Waals surface area contributed by atoms with Gasteiger partial charge in [-0.15, -0.1) is 0 Å². The summed E-state index contributed by atoms with van der Waals surface area (Å²) in [5.41, 5.74) is 0.481. The number of ether oxygens (including phenoxy) is 3. The van der Waals surface area contributed by atoms with E-state index in [1.807, 2.05) is 0 Å². The Balaban J connectivity index is 2.54. The average Bonchev–Trinajstić information content (AvgIpc) is 2.60. The lowest BCUT2D eigenvalue weighted by molar-refractivity contribution is -0.110. The van der Waals surface area contributed by atoms with E-state index in [4.69, 9.17) is 14.2 Å². The Labute approximate surface area is 145 Å². The molecule has 0 amide bonds. The van der Waals surface area contributed by atoms with Crippen molar-refractivity contribution < 1.29 is 34.3 Å². The summed E-state index contributed by atoms with van der Waals surface area (Å²) in [5, 5.41) is 29.3. The van der Waals surface area contributed by atoms with Crippen LogP contribution in [-0.4, -0.2) is 48.7 Å². The molecule has 0 heterocycles. The molecule has 0 saturated heterocycles. The van der Waals surface area contributed by atoms with Gasteiger partial charge in [0.05, 0.1) is 18.6 Å². The van der Waals surface area contributed by atoms with E-state index in [2.05, 4.69) is 0 Å². The van der Waals surface area contributed by atoms with Crippen LogP contribution in [-0.2, 0) is 9.47 Å². The smallest absolute Gasteiger partial charge is 0.179 e. The zero-order valence-electron chi connectivity index (χ0n) is 14.1. The Morgan fingerprint density at radius 1 is 0.920 bits per heavy atom. The van der Waals surface area contributed by atoms with Crippen LogP contribution in [0.4, 0.5) is 0 Å². The van der Waals surface area contributed by atoms with Crippen molar-refractivity contribution in [3.05, 3.63) is 47.5 Å². The van der Waals surface area contributed by atoms with Crippen LogP contribution >= 0.6 is 0 Å². The van der Waals surface area contributed by atoms with Gasteiger partial charge in [0.1, 0.15) is 11.5 Å². The van der Waals surface area contributed by atoms with Crippen molar-refractivity contribution in [2.75, 3.05) is 21.3 Å². The molecule has 3 N–H and O–H groups in total. The van der Waals surface area contributed by atoms with Crippen LogP contribution in [0, 0.1) is 0 Å². The van der Waals surface area contributed by atoms with E-state index < -0.39 is 23.7 Å². The van der Waals surface area contributed by atoms with E-state index in [0.29, 0.717) is 5.56 Å². The molecule has 25 heavy (non-hydrogen) atoms. The van der Waals surface area contributed by atoms with Crippen LogP contribution in [0.5, 0.6) is 23.0 Å². The van der Waals surface area contributed by atoms with Crippen LogP contribution in [0.25, 0.3) is 0 Å². The molecule has 2 aromatic rings. The van der Waals surface area contributed by atoms with Crippen molar-refractivity contribution in [2.24, 2.45) is 0 Å². The second-order valence-electron chi connectivity index (χ2n) is 5.31. The molecular formula is C18H20O7. The second kappa shape index (κ2) is 7.87. The molecule has 2 rings (SSSR count). The Bertz CT molecular complexity index is 736. The molecule has 0 saturated carbocycles. The molecule has 0 radical (unpaired) electrons. The Morgan fingerprint density at radius 2 is 1.52 bits per heavy atom. The minimum Gasteiger partial charge on any atom is -0.508 e. The number of benzene rings is 2. The molecule has 0 aliphatic heterocycles. The van der Waals surface area contributed by atoms with Gasteiger partial charge in [-0.2, -0.15) is 0 Å². The molecule has 0 aromatic heterocycles. The van der Waals surface area contributed by atoms with E-state index in [9.17, 15) is 20.1 Å². The fraction of sp³-hybridized carbons (Fsp3) is 0.278. The zero-order chi connectivity index (χ0) is 18.6. The highest BCUT2D eigenvalue weighted by atomic mass is 16.7. The van der Waals surface area contributed by atoms with Gasteiger partial charge in [0.15, 0.2) is 23.6 Å². The van der Waals surface area contributed by atoms with Crippen molar-refractivity contribution in [1.82, 2.24) is 0 Å². The first-order valence-corrected chi connectivity index (χ1v) is 7.41. The second-order valence-corrected chi connectivity index (χ2v) is 5.31. The predicted molar refractivity (Wildman–Crippen MR) is 89.3 cm³/mol. The van der Waals surface area contributed by atoms with E-state index in [1.165, 1.54) is 39.5 Å². The molecule has 0 spiro atoms. The summed E-state index contributed by atoms with van der Waals surface area (Å²) in [6.07, 6.45) is -0.920. The van der Waals surface area contributed by atoms with Crippen molar-refractivity contribution in [3.63, 3.8) is 0 Å². The highest BCUT2D eigenvalue weighted by Crippen LogP contribution is 2.37. The number of phenolic OH excluding ortho intramolecular Hbond substituents is 3. The SMILES string of the molecule is COc1cc(C(=O)C(c2ccc(O)cc2)C(OC)OC)c(O)cc1O. The summed E-state index contributed by atoms with van der Waals surface area (Å²) in [6.45, 7) is 0. The van der Waals surface area contributed by atoms with Gasteiger partial charge in [0, 0.05) is 20.3 Å². The molecule has 0 aliphatic rings. The van der Waals surface area contributed by atoms with Gasteiger partial charge in [-0.05, 0) is 23.8 Å². The number of hydrogen-bond donors (Lipinski definition) is 3. The summed E-state index contributed by atoms with van der Waals surface area (Å²) in [5.74, 6) is -1.97. The van der Waals surface area contributed by atoms with E-state index in [1.54, 1.807) is 12.1 Å². The lowest BCUT2D eigenvalue weighted by atomic mass is 9.89. The zero-order valence-corrected chi connectivity index (χ0v) is 14.1. The highest BCUT2D eigenvalue weighted by molar-refractivity contribution is 6.04. The maximum absolute atomic E-state index is 13.1. The number of carbonyl (C=O) groups excluding carboxylic acids is 1. The molecular weight excluding hydrogens is 328 g/mol. The Kier molecular flexibility index (Phi) is 5.84. The number of hydrogen-bond acceptors (Lipinski definition) is 7. The molecule has 0 bridgehead atoms. The van der Waals surface area contributed by atoms with Crippen molar-refractivity contribution in [2.45, 2.75) is 12.2 Å². The number of carbonyl (C=O) groups is 1. The summed E-state index contributed by atoms with van der Waals surface area (Å²) in [4.78, 5) is 13.1. The van der Waals surface area contributed by atoms with Gasteiger partial charge in [0.25, 0.3) is 0 Å². The Morgan fingerprint density at radius 3 is 2.04 bits per heavy atom. The van der Waals surface area contributed by atoms with Crippen molar-refractivity contribution >= 4 is 5.78 Å². The number of phenols is 3. The first-order chi connectivity index (χ1) is 11.9. The normalized spacial score (nSPS) is 12.2. The molecule has 2 aromatic carbocycles. The van der Waals surface area contributed by atoms with E-state index in [-0.39, 0.29) is 22.8 Å². The number of aromatic hydroxyl groups is 3. The summed E-state index contributed by atoms with van der Waals surface area (Å²) in [6, 6.07) is 8.30. The molecule has 7 heteroatoms. The first-order valence-electron chi connectivity index (χ1n) is 7.41. The molecule has 0 aliphatic carbocycles. The minimum atomic E-state index is -0.920. The van der Waals surface area contributed by atoms with Gasteiger partial charge in [-0.3, -0.25) is 4.79 Å². The number of rotatable bonds is 7. The average molecular weight is 348 g/mol. The van der Waals surface area contributed by atoms with Gasteiger partial charge in [-0.25, -0.2) is 0 Å². The monoisotopic (exact) mass is 348 g/mol. The topological polar surface area (TPSA) is 105 Å².